The highest BCUT2D eigenvalue weighted by Gasteiger charge is 2.25. The molecule has 0 amide bonds. The maximum atomic E-state index is 12.4. The van der Waals surface area contributed by atoms with Crippen LogP contribution in [0, 0.1) is 11.8 Å². The van der Waals surface area contributed by atoms with E-state index in [1.54, 1.807) is 43.1 Å². The van der Waals surface area contributed by atoms with E-state index in [0.29, 0.717) is 5.92 Å². The fourth-order valence-corrected chi connectivity index (χ4v) is 10.1. The number of rotatable bonds is 11. The van der Waals surface area contributed by atoms with Crippen molar-refractivity contribution in [1.29, 1.82) is 0 Å². The third-order valence-electron chi connectivity index (χ3n) is 8.81. The molecule has 1 heterocycles. The Labute approximate surface area is 213 Å². The maximum Gasteiger partial charge on any atom is 0.387 e. The number of benzene rings is 2. The highest BCUT2D eigenvalue weighted by Crippen LogP contribution is 2.40. The minimum absolute atomic E-state index is 0.203. The lowest BCUT2D eigenvalue weighted by molar-refractivity contribution is -0.0498. The van der Waals surface area contributed by atoms with Crippen LogP contribution in [0.4, 0.5) is 8.78 Å². The zero-order valence-corrected chi connectivity index (χ0v) is 22.7. The molecule has 0 N–H and O–H groups in total. The minimum Gasteiger partial charge on any atom is -0.435 e. The lowest BCUT2D eigenvalue weighted by Crippen LogP contribution is -2.22. The Morgan fingerprint density at radius 1 is 0.771 bits per heavy atom. The van der Waals surface area contributed by atoms with Crippen LogP contribution in [0.5, 0.6) is 5.75 Å². The van der Waals surface area contributed by atoms with Crippen LogP contribution < -0.4 is 4.74 Å². The van der Waals surface area contributed by atoms with Crippen LogP contribution in [0.1, 0.15) is 89.0 Å². The van der Waals surface area contributed by atoms with Crippen LogP contribution in [0.2, 0.25) is 18.1 Å². The van der Waals surface area contributed by atoms with Gasteiger partial charge in [0.1, 0.15) is 5.75 Å². The number of halogens is 2. The average Bonchev–Trinajstić information content (AvgIpc) is 2.89. The van der Waals surface area contributed by atoms with Crippen molar-refractivity contribution in [2.24, 2.45) is 11.8 Å². The van der Waals surface area contributed by atoms with Crippen LogP contribution in [0.3, 0.4) is 0 Å². The largest absolute Gasteiger partial charge is 0.435 e. The Morgan fingerprint density at radius 3 is 1.91 bits per heavy atom. The second-order valence-electron chi connectivity index (χ2n) is 11.2. The van der Waals surface area contributed by atoms with Gasteiger partial charge in [-0.05, 0) is 72.3 Å². The van der Waals surface area contributed by atoms with E-state index < -0.39 is 6.61 Å². The van der Waals surface area contributed by atoms with Crippen LogP contribution in [-0.4, -0.2) is 15.4 Å². The Morgan fingerprint density at radius 2 is 1.34 bits per heavy atom. The van der Waals surface area contributed by atoms with E-state index >= 15 is 0 Å². The summed E-state index contributed by atoms with van der Waals surface area (Å²) < 4.78 is 29.2. The third-order valence-corrected chi connectivity index (χ3v) is 12.3. The van der Waals surface area contributed by atoms with Crippen molar-refractivity contribution in [3.63, 3.8) is 0 Å². The molecule has 1 aliphatic carbocycles. The first-order valence-corrected chi connectivity index (χ1v) is 16.7. The first kappa shape index (κ1) is 26.4. The van der Waals surface area contributed by atoms with Crippen LogP contribution >= 0.6 is 0 Å². The van der Waals surface area contributed by atoms with Gasteiger partial charge >= 0.3 is 6.61 Å². The van der Waals surface area contributed by atoms with Crippen molar-refractivity contribution < 1.29 is 13.5 Å². The predicted molar refractivity (Wildman–Crippen MR) is 146 cm³/mol. The summed E-state index contributed by atoms with van der Waals surface area (Å²) in [5.41, 5.74) is 3.60. The molecule has 2 fully saturated rings. The third kappa shape index (κ3) is 8.16. The first-order chi connectivity index (χ1) is 17.1. The summed E-state index contributed by atoms with van der Waals surface area (Å²) in [5, 5.41) is 0. The Hall–Kier alpha value is -1.68. The quantitative estimate of drug-likeness (QED) is 0.221. The summed E-state index contributed by atoms with van der Waals surface area (Å²) in [4.78, 5) is 0. The normalized spacial score (nSPS) is 25.0. The summed E-state index contributed by atoms with van der Waals surface area (Å²) in [5.74, 6) is 2.87. The van der Waals surface area contributed by atoms with E-state index in [0.717, 1.165) is 23.0 Å². The molecule has 0 aromatic heterocycles. The topological polar surface area (TPSA) is 9.23 Å². The van der Waals surface area contributed by atoms with E-state index in [9.17, 15) is 8.78 Å². The van der Waals surface area contributed by atoms with Crippen molar-refractivity contribution in [1.82, 2.24) is 0 Å². The highest BCUT2D eigenvalue weighted by molar-refractivity contribution is 6.58. The smallest absolute Gasteiger partial charge is 0.387 e. The van der Waals surface area contributed by atoms with Crippen molar-refractivity contribution in [2.75, 3.05) is 0 Å². The molecule has 1 nitrogen and oxygen atoms in total. The molecule has 35 heavy (non-hydrogen) atoms. The van der Waals surface area contributed by atoms with Crippen molar-refractivity contribution in [3.05, 3.63) is 54.1 Å². The van der Waals surface area contributed by atoms with Crippen LogP contribution in [-0.2, 0) is 0 Å². The zero-order valence-electron chi connectivity index (χ0n) is 21.6. The number of alkyl halides is 2. The Bertz CT molecular complexity index is 851. The van der Waals surface area contributed by atoms with Gasteiger partial charge < -0.3 is 4.74 Å². The maximum absolute atomic E-state index is 12.4. The molecule has 2 aromatic carbocycles. The number of hydrogen-bond acceptors (Lipinski definition) is 1. The fourth-order valence-electron chi connectivity index (χ4n) is 6.52. The molecule has 1 saturated carbocycles. The summed E-state index contributed by atoms with van der Waals surface area (Å²) in [7, 11) is -0.363. The molecule has 4 heteroatoms. The Balaban J connectivity index is 1.17. The second kappa shape index (κ2) is 13.6. The molecule has 4 rings (SSSR count). The molecule has 1 aliphatic heterocycles. The number of hydrogen-bond donors (Lipinski definition) is 0. The Kier molecular flexibility index (Phi) is 10.2. The van der Waals surface area contributed by atoms with Gasteiger partial charge in [-0.25, -0.2) is 0 Å². The SMILES string of the molecule is CCCCC[Si@H]1CC[C@H](CC[C@H]2CC[C@H](c3ccc(-c4ccc(OC(F)F)cc4)cc3)CC2)CC1. The molecular formula is C31H44F2OSi. The van der Waals surface area contributed by atoms with Gasteiger partial charge in [-0.1, -0.05) is 106 Å². The van der Waals surface area contributed by atoms with E-state index in [1.165, 1.54) is 63.4 Å². The number of unbranched alkanes of at least 4 members (excludes halogenated alkanes) is 2. The molecule has 2 aromatic rings. The molecular weight excluding hydrogens is 454 g/mol. The lowest BCUT2D eigenvalue weighted by atomic mass is 9.76. The molecule has 0 unspecified atom stereocenters. The van der Waals surface area contributed by atoms with Gasteiger partial charge in [0.25, 0.3) is 0 Å². The van der Waals surface area contributed by atoms with Crippen LogP contribution in [0.15, 0.2) is 48.5 Å². The monoisotopic (exact) mass is 498 g/mol. The average molecular weight is 499 g/mol. The molecule has 0 spiro atoms. The van der Waals surface area contributed by atoms with Gasteiger partial charge in [-0.15, -0.1) is 0 Å². The predicted octanol–water partition coefficient (Wildman–Crippen LogP) is 9.84. The molecule has 0 atom stereocenters. The molecule has 192 valence electrons. The van der Waals surface area contributed by atoms with Gasteiger partial charge in [0.2, 0.25) is 0 Å². The highest BCUT2D eigenvalue weighted by atomic mass is 28.3. The zero-order chi connectivity index (χ0) is 24.5. The van der Waals surface area contributed by atoms with Gasteiger partial charge in [0, 0.05) is 8.80 Å². The van der Waals surface area contributed by atoms with E-state index in [2.05, 4.69) is 35.9 Å². The second-order valence-corrected chi connectivity index (χ2v) is 14.7. The van der Waals surface area contributed by atoms with Gasteiger partial charge in [-0.2, -0.15) is 8.78 Å². The summed E-state index contributed by atoms with van der Waals surface area (Å²) >= 11 is 0. The van der Waals surface area contributed by atoms with E-state index in [-0.39, 0.29) is 14.5 Å². The van der Waals surface area contributed by atoms with E-state index in [1.807, 2.05) is 12.1 Å². The molecule has 0 radical (unpaired) electrons. The van der Waals surface area contributed by atoms with Gasteiger partial charge in [0.05, 0.1) is 0 Å². The summed E-state index contributed by atoms with van der Waals surface area (Å²) in [6, 6.07) is 20.7. The van der Waals surface area contributed by atoms with Gasteiger partial charge in [-0.3, -0.25) is 0 Å². The standard InChI is InChI=1S/C31H44F2OSi/c1-2-3-4-21-35-22-19-25(20-23-35)6-5-24-7-9-26(10-8-24)27-11-13-28(14-12-27)29-15-17-30(18-16-29)34-31(32)33/h11-18,24-26,31,35H,2-10,19-23H2,1H3/t24-,25-,26-,35-. The molecule has 1 saturated heterocycles. The summed E-state index contributed by atoms with van der Waals surface area (Å²) in [6.45, 7) is -0.459. The fraction of sp³-hybridized carbons (Fsp3) is 0.613. The summed E-state index contributed by atoms with van der Waals surface area (Å²) in [6.07, 6.45) is 15.8. The van der Waals surface area contributed by atoms with Crippen LogP contribution in [0.25, 0.3) is 11.1 Å². The molecule has 2 aliphatic rings. The lowest BCUT2D eigenvalue weighted by Gasteiger charge is -2.32. The van der Waals surface area contributed by atoms with Crippen molar-refractivity contribution in [3.8, 4) is 16.9 Å². The first-order valence-electron chi connectivity index (χ1n) is 14.3. The van der Waals surface area contributed by atoms with Crippen molar-refractivity contribution in [2.45, 2.75) is 108 Å². The molecule has 0 bridgehead atoms. The number of ether oxygens (including phenoxy) is 1. The van der Waals surface area contributed by atoms with E-state index in [4.69, 9.17) is 0 Å². The minimum atomic E-state index is -2.78. The van der Waals surface area contributed by atoms with Crippen molar-refractivity contribution >= 4 is 8.80 Å². The van der Waals surface area contributed by atoms with Gasteiger partial charge in [0.15, 0.2) is 0 Å².